The molecular weight excluding hydrogens is 466 g/mol. The van der Waals surface area contributed by atoms with Gasteiger partial charge in [-0.05, 0) is 68.6 Å². The second-order valence-electron chi connectivity index (χ2n) is 11.1. The Balaban J connectivity index is 1.61. The molecule has 6 nitrogen and oxygen atoms in total. The predicted molar refractivity (Wildman–Crippen MR) is 142 cm³/mol. The lowest BCUT2D eigenvalue weighted by Crippen LogP contribution is -2.35. The van der Waals surface area contributed by atoms with Gasteiger partial charge in [0, 0.05) is 38.4 Å². The lowest BCUT2D eigenvalue weighted by atomic mass is 10.0. The molecule has 1 aliphatic rings. The van der Waals surface area contributed by atoms with Gasteiger partial charge in [0.25, 0.3) is 0 Å². The molecule has 8 heteroatoms. The lowest BCUT2D eigenvalue weighted by Gasteiger charge is -2.24. The first-order valence-electron chi connectivity index (χ1n) is 11.8. The van der Waals surface area contributed by atoms with Crippen LogP contribution in [0.4, 0.5) is 10.5 Å². The number of hydrogen-bond donors (Lipinski definition) is 0. The molecule has 2 aromatic heterocycles. The van der Waals surface area contributed by atoms with Crippen LogP contribution < -0.4 is 4.90 Å². The van der Waals surface area contributed by atoms with E-state index in [0.717, 1.165) is 52.5 Å². The quantitative estimate of drug-likeness (QED) is 0.209. The average Bonchev–Trinajstić information content (AvgIpc) is 3.30. The second kappa shape index (κ2) is 9.36. The van der Waals surface area contributed by atoms with Crippen molar-refractivity contribution in [2.45, 2.75) is 65.2 Å². The summed E-state index contributed by atoms with van der Waals surface area (Å²) < 4.78 is 13.6. The van der Waals surface area contributed by atoms with Gasteiger partial charge in [-0.1, -0.05) is 37.3 Å². The van der Waals surface area contributed by atoms with Crippen molar-refractivity contribution < 1.29 is 14.3 Å². The van der Waals surface area contributed by atoms with Crippen LogP contribution in [-0.2, 0) is 22.6 Å². The van der Waals surface area contributed by atoms with Crippen LogP contribution in [0.15, 0.2) is 36.5 Å². The number of carbonyl (C=O) groups excluding carboxylic acids is 1. The van der Waals surface area contributed by atoms with Gasteiger partial charge in [-0.15, -0.1) is 0 Å². The Morgan fingerprint density at radius 3 is 2.65 bits per heavy atom. The highest BCUT2D eigenvalue weighted by Crippen LogP contribution is 2.36. The fraction of sp³-hybridized carbons (Fsp3) is 0.462. The molecule has 182 valence electrons. The van der Waals surface area contributed by atoms with Gasteiger partial charge in [0.05, 0.1) is 5.69 Å². The minimum Gasteiger partial charge on any atom is -0.443 e. The number of rotatable bonds is 6. The average molecular weight is 500 g/mol. The Kier molecular flexibility index (Phi) is 6.82. The maximum absolute atomic E-state index is 12.6. The van der Waals surface area contributed by atoms with Gasteiger partial charge in [0.1, 0.15) is 23.1 Å². The van der Waals surface area contributed by atoms with Crippen LogP contribution >= 0.6 is 11.6 Å². The Hall–Kier alpha value is -2.35. The van der Waals surface area contributed by atoms with Crippen LogP contribution in [0, 0.1) is 0 Å². The van der Waals surface area contributed by atoms with Crippen LogP contribution in [0.3, 0.4) is 0 Å². The molecule has 1 aliphatic heterocycles. The smallest absolute Gasteiger partial charge is 0.414 e. The van der Waals surface area contributed by atoms with Gasteiger partial charge < -0.3 is 14.0 Å². The summed E-state index contributed by atoms with van der Waals surface area (Å²) in [5.41, 5.74) is 4.50. The number of nitrogens with zero attached hydrogens (tertiary/aromatic N) is 3. The number of pyridine rings is 1. The maximum atomic E-state index is 12.6. The van der Waals surface area contributed by atoms with Crippen LogP contribution in [-0.4, -0.2) is 42.5 Å². The van der Waals surface area contributed by atoms with E-state index >= 15 is 0 Å². The molecule has 0 unspecified atom stereocenters. The molecule has 3 aromatic rings. The summed E-state index contributed by atoms with van der Waals surface area (Å²) in [6.45, 7) is 14.5. The van der Waals surface area contributed by atoms with Gasteiger partial charge in [-0.3, -0.25) is 4.90 Å². The molecule has 0 radical (unpaired) electrons. The van der Waals surface area contributed by atoms with Gasteiger partial charge in [-0.2, -0.15) is 0 Å². The van der Waals surface area contributed by atoms with Gasteiger partial charge in [0.15, 0.2) is 0 Å². The van der Waals surface area contributed by atoms with Crippen LogP contribution in [0.1, 0.15) is 26.3 Å². The summed E-state index contributed by atoms with van der Waals surface area (Å²) in [7, 11) is -1.15. The van der Waals surface area contributed by atoms with E-state index in [2.05, 4.69) is 43.0 Å². The van der Waals surface area contributed by atoms with Crippen molar-refractivity contribution in [2.24, 2.45) is 0 Å². The summed E-state index contributed by atoms with van der Waals surface area (Å²) in [5.74, 6) is 0. The van der Waals surface area contributed by atoms with E-state index in [1.807, 2.05) is 43.5 Å². The molecule has 0 saturated heterocycles. The third kappa shape index (κ3) is 5.65. The van der Waals surface area contributed by atoms with Gasteiger partial charge >= 0.3 is 6.09 Å². The first-order valence-corrected chi connectivity index (χ1v) is 15.9. The molecule has 4 rings (SSSR count). The number of carbonyl (C=O) groups is 1. The number of anilines is 1. The van der Waals surface area contributed by atoms with E-state index in [4.69, 9.17) is 21.1 Å². The molecule has 0 spiro atoms. The fourth-order valence-corrected chi connectivity index (χ4v) is 4.99. The SMILES string of the molecule is CC(C)(C)OC(=O)N1CCc2cc(-c3cn(COCC[Si](C)(C)C)c4nc(Cl)ccc34)ccc21. The summed E-state index contributed by atoms with van der Waals surface area (Å²) >= 11 is 6.23. The molecule has 0 N–H and O–H groups in total. The monoisotopic (exact) mass is 499 g/mol. The van der Waals surface area contributed by atoms with Crippen molar-refractivity contribution in [3.8, 4) is 11.1 Å². The van der Waals surface area contributed by atoms with Gasteiger partial charge in [0.2, 0.25) is 0 Å². The summed E-state index contributed by atoms with van der Waals surface area (Å²) in [5, 5.41) is 1.49. The molecule has 0 saturated carbocycles. The van der Waals surface area contributed by atoms with Crippen molar-refractivity contribution in [2.75, 3.05) is 18.1 Å². The Labute approximate surface area is 207 Å². The highest BCUT2D eigenvalue weighted by Gasteiger charge is 2.29. The fourth-order valence-electron chi connectivity index (χ4n) is 4.09. The third-order valence-electron chi connectivity index (χ3n) is 5.81. The molecule has 34 heavy (non-hydrogen) atoms. The second-order valence-corrected chi connectivity index (χ2v) is 17.1. The van der Waals surface area contributed by atoms with Crippen molar-refractivity contribution in [3.63, 3.8) is 0 Å². The minimum atomic E-state index is -1.15. The zero-order valence-corrected chi connectivity index (χ0v) is 22.7. The molecule has 1 aromatic carbocycles. The summed E-state index contributed by atoms with van der Waals surface area (Å²) in [6.07, 6.45) is 2.58. The Bertz CT molecular complexity index is 1210. The van der Waals surface area contributed by atoms with Crippen molar-refractivity contribution in [3.05, 3.63) is 47.2 Å². The normalized spacial score (nSPS) is 14.0. The highest BCUT2D eigenvalue weighted by molar-refractivity contribution is 6.76. The molecular formula is C26H34ClN3O3Si. The maximum Gasteiger partial charge on any atom is 0.414 e. The number of aromatic nitrogens is 2. The van der Waals surface area contributed by atoms with Crippen LogP contribution in [0.5, 0.6) is 0 Å². The number of ether oxygens (including phenoxy) is 2. The van der Waals surface area contributed by atoms with E-state index in [9.17, 15) is 4.79 Å². The van der Waals surface area contributed by atoms with Crippen LogP contribution in [0.2, 0.25) is 30.8 Å². The summed E-state index contributed by atoms with van der Waals surface area (Å²) in [6, 6.07) is 11.2. The largest absolute Gasteiger partial charge is 0.443 e. The summed E-state index contributed by atoms with van der Waals surface area (Å²) in [4.78, 5) is 18.9. The molecule has 0 bridgehead atoms. The Morgan fingerprint density at radius 2 is 1.94 bits per heavy atom. The van der Waals surface area contributed by atoms with E-state index in [-0.39, 0.29) is 6.09 Å². The molecule has 1 amide bonds. The first-order chi connectivity index (χ1) is 15.9. The number of hydrogen-bond acceptors (Lipinski definition) is 4. The Morgan fingerprint density at radius 1 is 1.18 bits per heavy atom. The van der Waals surface area contributed by atoms with Crippen LogP contribution in [0.25, 0.3) is 22.2 Å². The number of benzene rings is 1. The zero-order valence-electron chi connectivity index (χ0n) is 20.9. The van der Waals surface area contributed by atoms with E-state index in [0.29, 0.717) is 18.4 Å². The minimum absolute atomic E-state index is 0.301. The van der Waals surface area contributed by atoms with E-state index < -0.39 is 13.7 Å². The third-order valence-corrected chi connectivity index (χ3v) is 7.73. The molecule has 0 fully saturated rings. The first kappa shape index (κ1) is 24.8. The molecule has 0 aliphatic carbocycles. The number of amides is 1. The zero-order chi connectivity index (χ0) is 24.7. The van der Waals surface area contributed by atoms with E-state index in [1.54, 1.807) is 4.90 Å². The van der Waals surface area contributed by atoms with Gasteiger partial charge in [-0.25, -0.2) is 9.78 Å². The predicted octanol–water partition coefficient (Wildman–Crippen LogP) is 6.97. The highest BCUT2D eigenvalue weighted by atomic mass is 35.5. The van der Waals surface area contributed by atoms with Crippen molar-refractivity contribution in [1.82, 2.24) is 9.55 Å². The van der Waals surface area contributed by atoms with E-state index in [1.165, 1.54) is 0 Å². The topological polar surface area (TPSA) is 56.6 Å². The van der Waals surface area contributed by atoms with Crippen molar-refractivity contribution in [1.29, 1.82) is 0 Å². The van der Waals surface area contributed by atoms with Crippen molar-refractivity contribution >= 4 is 42.5 Å². The lowest BCUT2D eigenvalue weighted by molar-refractivity contribution is 0.0584. The molecule has 0 atom stereocenters. The number of halogens is 1. The number of fused-ring (bicyclic) bond motifs is 2. The standard InChI is InChI=1S/C26H34ClN3O3Si/c1-26(2,3)33-25(31)30-12-11-19-15-18(7-9-22(19)30)21-16-29(17-32-13-14-34(4,5)6)24-20(21)8-10-23(27)28-24/h7-10,15-16H,11-14,17H2,1-6H3. The molecule has 3 heterocycles.